The Balaban J connectivity index is 1.00. The number of benzene rings is 5. The molecule has 252 valence electrons. The highest BCUT2D eigenvalue weighted by Gasteiger charge is 2.29. The van der Waals surface area contributed by atoms with Gasteiger partial charge in [0.1, 0.15) is 35.2 Å². The number of ether oxygens (including phenoxy) is 1. The summed E-state index contributed by atoms with van der Waals surface area (Å²) >= 11 is 0. The molecule has 0 unspecified atom stereocenters. The molecule has 0 bridgehead atoms. The van der Waals surface area contributed by atoms with Crippen LogP contribution in [0.2, 0.25) is 0 Å². The molecule has 5 aromatic carbocycles. The van der Waals surface area contributed by atoms with Crippen molar-refractivity contribution in [3.05, 3.63) is 152 Å². The van der Waals surface area contributed by atoms with Crippen LogP contribution in [0.1, 0.15) is 26.3 Å². The summed E-state index contributed by atoms with van der Waals surface area (Å²) in [5, 5.41) is 4.55. The zero-order valence-electron chi connectivity index (χ0n) is 29.1. The maximum atomic E-state index is 6.63. The molecule has 4 aromatic heterocycles. The Morgan fingerprint density at radius 1 is 0.596 bits per heavy atom. The Labute approximate surface area is 300 Å². The minimum Gasteiger partial charge on any atom is -0.457 e. The molecule has 0 fully saturated rings. The van der Waals surface area contributed by atoms with Gasteiger partial charge in [-0.3, -0.25) is 9.55 Å². The van der Waals surface area contributed by atoms with Crippen LogP contribution in [0.3, 0.4) is 0 Å². The Bertz CT molecular complexity index is 2830. The molecule has 52 heavy (non-hydrogen) atoms. The van der Waals surface area contributed by atoms with Crippen molar-refractivity contribution >= 4 is 66.5 Å². The van der Waals surface area contributed by atoms with Gasteiger partial charge in [-0.2, -0.15) is 0 Å². The number of rotatable bonds is 5. The highest BCUT2D eigenvalue weighted by molar-refractivity contribution is 6.09. The van der Waals surface area contributed by atoms with E-state index in [0.29, 0.717) is 6.67 Å². The largest absolute Gasteiger partial charge is 0.457 e. The number of hydrogen-bond acceptors (Lipinski definition) is 6. The smallest absolute Gasteiger partial charge is 0.137 e. The van der Waals surface area contributed by atoms with Crippen LogP contribution in [-0.4, -0.2) is 21.2 Å². The monoisotopic (exact) mass is 677 g/mol. The maximum Gasteiger partial charge on any atom is 0.137 e. The number of para-hydroxylation sites is 2. The number of pyridine rings is 2. The third-order valence-corrected chi connectivity index (χ3v) is 10.2. The average Bonchev–Trinajstić information content (AvgIpc) is 3.84. The van der Waals surface area contributed by atoms with Gasteiger partial charge in [0, 0.05) is 57.4 Å². The van der Waals surface area contributed by atoms with E-state index in [-0.39, 0.29) is 5.41 Å². The van der Waals surface area contributed by atoms with E-state index in [1.54, 1.807) is 0 Å². The van der Waals surface area contributed by atoms with Gasteiger partial charge in [0.15, 0.2) is 0 Å². The summed E-state index contributed by atoms with van der Waals surface area (Å²) in [4.78, 5) is 13.9. The number of hydrogen-bond donors (Lipinski definition) is 0. The van der Waals surface area contributed by atoms with Crippen LogP contribution < -0.4 is 14.5 Å². The second kappa shape index (κ2) is 11.5. The zero-order chi connectivity index (χ0) is 35.0. The van der Waals surface area contributed by atoms with E-state index < -0.39 is 0 Å². The van der Waals surface area contributed by atoms with Crippen molar-refractivity contribution in [1.29, 1.82) is 0 Å². The van der Waals surface area contributed by atoms with Crippen molar-refractivity contribution in [3.63, 3.8) is 0 Å². The number of nitrogens with zero attached hydrogens (tertiary/aromatic N) is 5. The Hall–Kier alpha value is -6.60. The van der Waals surface area contributed by atoms with Crippen molar-refractivity contribution in [1.82, 2.24) is 14.5 Å². The minimum absolute atomic E-state index is 0.00142. The fourth-order valence-electron chi connectivity index (χ4n) is 7.55. The summed E-state index contributed by atoms with van der Waals surface area (Å²) in [5.41, 5.74) is 9.41. The Morgan fingerprint density at radius 3 is 2.27 bits per heavy atom. The standard InChI is InChI=1S/C45H35N5O2/c1-45(2,3)29-19-22-47-44(23-29)50-38-13-6-4-11-34(38)35-17-16-33(26-40(35)50)51-32-10-8-9-30(24-32)48-28-49(41-27-46-21-20-39(41)48)31-15-18-43-37(25-31)36-12-5-7-14-42(36)52-43/h4-27H,28H2,1-3H3. The first kappa shape index (κ1) is 30.2. The number of furan rings is 1. The van der Waals surface area contributed by atoms with Gasteiger partial charge in [0.2, 0.25) is 0 Å². The molecule has 1 aliphatic heterocycles. The Morgan fingerprint density at radius 2 is 1.37 bits per heavy atom. The first-order valence-corrected chi connectivity index (χ1v) is 17.6. The van der Waals surface area contributed by atoms with Crippen LogP contribution in [0.25, 0.3) is 49.6 Å². The lowest BCUT2D eigenvalue weighted by Gasteiger charge is -2.22. The van der Waals surface area contributed by atoms with Gasteiger partial charge < -0.3 is 19.0 Å². The highest BCUT2D eigenvalue weighted by atomic mass is 16.5. The van der Waals surface area contributed by atoms with Gasteiger partial charge >= 0.3 is 0 Å². The fourth-order valence-corrected chi connectivity index (χ4v) is 7.55. The number of aromatic nitrogens is 3. The lowest BCUT2D eigenvalue weighted by molar-refractivity contribution is 0.483. The van der Waals surface area contributed by atoms with Gasteiger partial charge in [-0.1, -0.05) is 63.2 Å². The second-order valence-corrected chi connectivity index (χ2v) is 14.4. The molecule has 7 heteroatoms. The first-order valence-electron chi connectivity index (χ1n) is 17.6. The van der Waals surface area contributed by atoms with Gasteiger partial charge in [-0.25, -0.2) is 4.98 Å². The molecule has 0 amide bonds. The third-order valence-electron chi connectivity index (χ3n) is 10.2. The summed E-state index contributed by atoms with van der Waals surface area (Å²) in [6.45, 7) is 7.32. The van der Waals surface area contributed by atoms with Crippen molar-refractivity contribution in [2.45, 2.75) is 26.2 Å². The summed E-state index contributed by atoms with van der Waals surface area (Å²) in [6, 6.07) is 44.1. The normalized spacial score (nSPS) is 13.1. The molecule has 0 atom stereocenters. The van der Waals surface area contributed by atoms with Crippen LogP contribution in [-0.2, 0) is 5.41 Å². The molecule has 0 spiro atoms. The third kappa shape index (κ3) is 4.88. The molecular formula is C45H35N5O2. The predicted molar refractivity (Wildman–Crippen MR) is 211 cm³/mol. The summed E-state index contributed by atoms with van der Waals surface area (Å²) in [7, 11) is 0. The SMILES string of the molecule is CC(C)(C)c1ccnc(-n2c3ccccc3c3ccc(Oc4cccc(N5CN(c6ccc7oc8ccccc8c7c6)c6cnccc65)c4)cc32)c1. The Kier molecular flexibility index (Phi) is 6.67. The van der Waals surface area contributed by atoms with E-state index in [4.69, 9.17) is 14.1 Å². The molecule has 0 saturated heterocycles. The van der Waals surface area contributed by atoms with Gasteiger partial charge in [-0.15, -0.1) is 0 Å². The minimum atomic E-state index is 0.00142. The molecule has 9 aromatic rings. The quantitative estimate of drug-likeness (QED) is 0.181. The molecule has 0 N–H and O–H groups in total. The zero-order valence-corrected chi connectivity index (χ0v) is 29.1. The van der Waals surface area contributed by atoms with Crippen molar-refractivity contribution in [2.24, 2.45) is 0 Å². The van der Waals surface area contributed by atoms with E-state index in [1.165, 1.54) is 10.9 Å². The van der Waals surface area contributed by atoms with Crippen molar-refractivity contribution in [3.8, 4) is 17.3 Å². The average molecular weight is 678 g/mol. The number of anilines is 4. The molecule has 7 nitrogen and oxygen atoms in total. The van der Waals surface area contributed by atoms with Gasteiger partial charge in [0.25, 0.3) is 0 Å². The van der Waals surface area contributed by atoms with E-state index in [9.17, 15) is 0 Å². The van der Waals surface area contributed by atoms with Crippen molar-refractivity contribution < 1.29 is 9.15 Å². The lowest BCUT2D eigenvalue weighted by atomic mass is 9.88. The molecule has 5 heterocycles. The number of fused-ring (bicyclic) bond motifs is 7. The van der Waals surface area contributed by atoms with Crippen LogP contribution >= 0.6 is 0 Å². The van der Waals surface area contributed by atoms with Crippen LogP contribution in [0.5, 0.6) is 11.5 Å². The van der Waals surface area contributed by atoms with Gasteiger partial charge in [-0.05, 0) is 83.8 Å². The second-order valence-electron chi connectivity index (χ2n) is 14.4. The summed E-state index contributed by atoms with van der Waals surface area (Å²) in [6.07, 6.45) is 5.70. The predicted octanol–water partition coefficient (Wildman–Crippen LogP) is 11.8. The molecule has 0 saturated carbocycles. The van der Waals surface area contributed by atoms with Gasteiger partial charge in [0.05, 0.1) is 28.6 Å². The van der Waals surface area contributed by atoms with Crippen LogP contribution in [0.4, 0.5) is 22.7 Å². The van der Waals surface area contributed by atoms with E-state index >= 15 is 0 Å². The molecule has 1 aliphatic rings. The fraction of sp³-hybridized carbons (Fsp3) is 0.111. The van der Waals surface area contributed by atoms with Crippen LogP contribution in [0, 0.1) is 0 Å². The van der Waals surface area contributed by atoms with Crippen LogP contribution in [0.15, 0.2) is 150 Å². The molecule has 0 radical (unpaired) electrons. The maximum absolute atomic E-state index is 6.63. The van der Waals surface area contributed by atoms with Crippen molar-refractivity contribution in [2.75, 3.05) is 16.5 Å². The summed E-state index contributed by atoms with van der Waals surface area (Å²) in [5.74, 6) is 2.41. The van der Waals surface area contributed by atoms with E-state index in [1.807, 2.05) is 36.8 Å². The molecule has 0 aliphatic carbocycles. The first-order chi connectivity index (χ1) is 25.4. The lowest BCUT2D eigenvalue weighted by Crippen LogP contribution is -2.23. The van der Waals surface area contributed by atoms with E-state index in [0.717, 1.165) is 78.4 Å². The van der Waals surface area contributed by atoms with E-state index in [2.05, 4.69) is 149 Å². The highest BCUT2D eigenvalue weighted by Crippen LogP contribution is 2.45. The summed E-state index contributed by atoms with van der Waals surface area (Å²) < 4.78 is 15.0. The topological polar surface area (TPSA) is 59.6 Å². The molecular weight excluding hydrogens is 643 g/mol. The molecule has 10 rings (SSSR count).